The second-order valence-electron chi connectivity index (χ2n) is 6.98. The SMILES string of the molecule is COc1ccc(SCCc2nnc(SCC(=O)Nc3ccccc3)n2C2CC2)cc1. The molecule has 4 rings (SSSR count). The maximum Gasteiger partial charge on any atom is 0.234 e. The van der Waals surface area contributed by atoms with Crippen LogP contribution in [0.2, 0.25) is 0 Å². The van der Waals surface area contributed by atoms with E-state index in [9.17, 15) is 4.79 Å². The zero-order valence-electron chi connectivity index (χ0n) is 16.8. The summed E-state index contributed by atoms with van der Waals surface area (Å²) in [7, 11) is 1.67. The van der Waals surface area contributed by atoms with Gasteiger partial charge in [0.15, 0.2) is 5.16 Å². The van der Waals surface area contributed by atoms with Crippen molar-refractivity contribution in [2.75, 3.05) is 23.9 Å². The van der Waals surface area contributed by atoms with Gasteiger partial charge in [-0.25, -0.2) is 0 Å². The molecule has 2 aromatic carbocycles. The molecule has 0 unspecified atom stereocenters. The first-order valence-electron chi connectivity index (χ1n) is 9.91. The molecule has 0 bridgehead atoms. The van der Waals surface area contributed by atoms with E-state index >= 15 is 0 Å². The smallest absolute Gasteiger partial charge is 0.234 e. The number of para-hydroxylation sites is 1. The Balaban J connectivity index is 1.32. The summed E-state index contributed by atoms with van der Waals surface area (Å²) in [6, 6.07) is 18.1. The van der Waals surface area contributed by atoms with Crippen molar-refractivity contribution in [3.63, 3.8) is 0 Å². The minimum absolute atomic E-state index is 0.0341. The Morgan fingerprint density at radius 3 is 2.57 bits per heavy atom. The highest BCUT2D eigenvalue weighted by Crippen LogP contribution is 2.39. The van der Waals surface area contributed by atoms with Crippen LogP contribution < -0.4 is 10.1 Å². The molecule has 1 amide bonds. The number of hydrogen-bond acceptors (Lipinski definition) is 6. The number of carbonyl (C=O) groups is 1. The van der Waals surface area contributed by atoms with Gasteiger partial charge in [-0.15, -0.1) is 22.0 Å². The largest absolute Gasteiger partial charge is 0.497 e. The van der Waals surface area contributed by atoms with Gasteiger partial charge in [-0.2, -0.15) is 0 Å². The molecular formula is C22H24N4O2S2. The van der Waals surface area contributed by atoms with E-state index in [0.29, 0.717) is 11.8 Å². The van der Waals surface area contributed by atoms with Crippen LogP contribution in [0.3, 0.4) is 0 Å². The summed E-state index contributed by atoms with van der Waals surface area (Å²) in [6.07, 6.45) is 3.15. The van der Waals surface area contributed by atoms with Crippen LogP contribution in [-0.4, -0.2) is 39.3 Å². The number of ether oxygens (including phenoxy) is 1. The number of nitrogens with one attached hydrogen (secondary N) is 1. The van der Waals surface area contributed by atoms with Crippen LogP contribution in [0.5, 0.6) is 5.75 Å². The second-order valence-corrected chi connectivity index (χ2v) is 9.09. The van der Waals surface area contributed by atoms with Crippen molar-refractivity contribution in [1.29, 1.82) is 0 Å². The quantitative estimate of drug-likeness (QED) is 0.462. The first kappa shape index (κ1) is 20.8. The number of rotatable bonds is 10. The fraction of sp³-hybridized carbons (Fsp3) is 0.318. The lowest BCUT2D eigenvalue weighted by molar-refractivity contribution is -0.113. The molecular weight excluding hydrogens is 416 g/mol. The second kappa shape index (κ2) is 10.0. The number of aryl methyl sites for hydroxylation is 1. The highest BCUT2D eigenvalue weighted by molar-refractivity contribution is 7.99. The third-order valence-electron chi connectivity index (χ3n) is 4.69. The highest BCUT2D eigenvalue weighted by Gasteiger charge is 2.29. The number of thioether (sulfide) groups is 2. The van der Waals surface area contributed by atoms with E-state index in [-0.39, 0.29) is 5.91 Å². The van der Waals surface area contributed by atoms with Crippen LogP contribution >= 0.6 is 23.5 Å². The van der Waals surface area contributed by atoms with Gasteiger partial charge in [0.25, 0.3) is 0 Å². The van der Waals surface area contributed by atoms with E-state index in [0.717, 1.165) is 47.4 Å². The first-order chi connectivity index (χ1) is 14.7. The number of methoxy groups -OCH3 is 1. The summed E-state index contributed by atoms with van der Waals surface area (Å²) >= 11 is 3.25. The Morgan fingerprint density at radius 2 is 1.87 bits per heavy atom. The average molecular weight is 441 g/mol. The molecule has 0 atom stereocenters. The standard InChI is InChI=1S/C22H24N4O2S2/c1-28-18-9-11-19(12-10-18)29-14-13-20-24-25-22(26(20)17-7-8-17)30-15-21(27)23-16-5-3-2-4-6-16/h2-6,9-12,17H,7-8,13-15H2,1H3,(H,23,27). The first-order valence-corrected chi connectivity index (χ1v) is 11.9. The third-order valence-corrected chi connectivity index (χ3v) is 6.65. The Labute approximate surface area is 184 Å². The Bertz CT molecular complexity index is 973. The van der Waals surface area contributed by atoms with Crippen molar-refractivity contribution in [1.82, 2.24) is 14.8 Å². The Hall–Kier alpha value is -2.45. The Kier molecular flexibility index (Phi) is 6.96. The number of anilines is 1. The lowest BCUT2D eigenvalue weighted by atomic mass is 10.3. The van der Waals surface area contributed by atoms with Crippen LogP contribution in [0.25, 0.3) is 0 Å². The number of amides is 1. The molecule has 1 fully saturated rings. The normalized spacial score (nSPS) is 13.2. The predicted octanol–water partition coefficient (Wildman–Crippen LogP) is 4.69. The zero-order valence-corrected chi connectivity index (χ0v) is 18.4. The van der Waals surface area contributed by atoms with Crippen LogP contribution in [0.15, 0.2) is 64.6 Å². The predicted molar refractivity (Wildman–Crippen MR) is 122 cm³/mol. The molecule has 0 spiro atoms. The molecule has 3 aromatic rings. The summed E-state index contributed by atoms with van der Waals surface area (Å²) in [5.41, 5.74) is 0.808. The molecule has 1 aliphatic carbocycles. The minimum atomic E-state index is -0.0341. The van der Waals surface area contributed by atoms with E-state index in [1.807, 2.05) is 42.5 Å². The van der Waals surface area contributed by atoms with Crippen LogP contribution in [0, 0.1) is 0 Å². The van der Waals surface area contributed by atoms with Gasteiger partial charge in [0.05, 0.1) is 12.9 Å². The number of nitrogens with zero attached hydrogens (tertiary/aromatic N) is 3. The summed E-state index contributed by atoms with van der Waals surface area (Å²) in [6.45, 7) is 0. The van der Waals surface area contributed by atoms with Crippen molar-refractivity contribution in [3.05, 3.63) is 60.4 Å². The molecule has 1 N–H and O–H groups in total. The summed E-state index contributed by atoms with van der Waals surface area (Å²) in [4.78, 5) is 13.5. The number of aromatic nitrogens is 3. The van der Waals surface area contributed by atoms with E-state index in [4.69, 9.17) is 4.74 Å². The van der Waals surface area contributed by atoms with E-state index < -0.39 is 0 Å². The number of hydrogen-bond donors (Lipinski definition) is 1. The van der Waals surface area contributed by atoms with Crippen LogP contribution in [0.4, 0.5) is 5.69 Å². The van der Waals surface area contributed by atoms with Crippen molar-refractivity contribution in [3.8, 4) is 5.75 Å². The molecule has 1 aromatic heterocycles. The van der Waals surface area contributed by atoms with Gasteiger partial charge in [0.2, 0.25) is 5.91 Å². The van der Waals surface area contributed by atoms with Crippen molar-refractivity contribution >= 4 is 35.1 Å². The number of benzene rings is 2. The topological polar surface area (TPSA) is 69.0 Å². The average Bonchev–Trinajstić information content (AvgIpc) is 3.54. The summed E-state index contributed by atoms with van der Waals surface area (Å²) < 4.78 is 7.44. The third kappa shape index (κ3) is 5.58. The lowest BCUT2D eigenvalue weighted by Gasteiger charge is -2.09. The molecule has 1 aliphatic rings. The van der Waals surface area contributed by atoms with E-state index in [1.165, 1.54) is 16.7 Å². The van der Waals surface area contributed by atoms with Gasteiger partial charge in [-0.1, -0.05) is 30.0 Å². The fourth-order valence-electron chi connectivity index (χ4n) is 3.06. The Morgan fingerprint density at radius 1 is 1.10 bits per heavy atom. The summed E-state index contributed by atoms with van der Waals surface area (Å²) in [5, 5.41) is 12.6. The van der Waals surface area contributed by atoms with Crippen LogP contribution in [-0.2, 0) is 11.2 Å². The molecule has 8 heteroatoms. The van der Waals surface area contributed by atoms with Gasteiger partial charge in [-0.3, -0.25) is 4.79 Å². The molecule has 1 saturated carbocycles. The van der Waals surface area contributed by atoms with Crippen molar-refractivity contribution in [2.24, 2.45) is 0 Å². The van der Waals surface area contributed by atoms with Gasteiger partial charge in [0.1, 0.15) is 11.6 Å². The lowest BCUT2D eigenvalue weighted by Crippen LogP contribution is -2.14. The zero-order chi connectivity index (χ0) is 20.8. The van der Waals surface area contributed by atoms with Gasteiger partial charge >= 0.3 is 0 Å². The molecule has 1 heterocycles. The number of carbonyl (C=O) groups excluding carboxylic acids is 1. The van der Waals surface area contributed by atoms with Gasteiger partial charge in [0, 0.05) is 28.8 Å². The monoisotopic (exact) mass is 440 g/mol. The maximum atomic E-state index is 12.3. The van der Waals surface area contributed by atoms with Crippen molar-refractivity contribution in [2.45, 2.75) is 35.4 Å². The molecule has 6 nitrogen and oxygen atoms in total. The van der Waals surface area contributed by atoms with Crippen molar-refractivity contribution < 1.29 is 9.53 Å². The molecule has 30 heavy (non-hydrogen) atoms. The summed E-state index contributed by atoms with van der Waals surface area (Å²) in [5.74, 6) is 3.08. The highest BCUT2D eigenvalue weighted by atomic mass is 32.2. The maximum absolute atomic E-state index is 12.3. The molecule has 156 valence electrons. The molecule has 0 radical (unpaired) electrons. The van der Waals surface area contributed by atoms with Crippen LogP contribution in [0.1, 0.15) is 24.7 Å². The van der Waals surface area contributed by atoms with E-state index in [1.54, 1.807) is 18.9 Å². The fourth-order valence-corrected chi connectivity index (χ4v) is 4.73. The van der Waals surface area contributed by atoms with Gasteiger partial charge in [-0.05, 0) is 49.2 Å². The molecule has 0 aliphatic heterocycles. The minimum Gasteiger partial charge on any atom is -0.497 e. The molecule has 0 saturated heterocycles. The van der Waals surface area contributed by atoms with E-state index in [2.05, 4.69) is 32.2 Å². The van der Waals surface area contributed by atoms with Gasteiger partial charge < -0.3 is 14.6 Å².